The summed E-state index contributed by atoms with van der Waals surface area (Å²) in [6.45, 7) is 0. The van der Waals surface area contributed by atoms with E-state index in [1.54, 1.807) is 0 Å². The van der Waals surface area contributed by atoms with Crippen molar-refractivity contribution in [2.75, 3.05) is 11.9 Å². The van der Waals surface area contributed by atoms with E-state index in [1.165, 1.54) is 42.3 Å². The zero-order valence-corrected chi connectivity index (χ0v) is 11.8. The SMILES string of the molecule is CN(C(=O)c1ccc(F)cc1Cl)c1ccc(C(=O)O)cc1. The Morgan fingerprint density at radius 1 is 1.14 bits per heavy atom. The molecule has 1 N–H and O–H groups in total. The minimum absolute atomic E-state index is 0.0222. The van der Waals surface area contributed by atoms with Gasteiger partial charge in [0.15, 0.2) is 0 Å². The van der Waals surface area contributed by atoms with Gasteiger partial charge in [-0.05, 0) is 42.5 Å². The standard InChI is InChI=1S/C15H11ClFNO3/c1-18(11-5-2-9(3-6-11)15(20)21)14(19)12-7-4-10(17)8-13(12)16/h2-8H,1H3,(H,20,21). The van der Waals surface area contributed by atoms with Gasteiger partial charge < -0.3 is 10.0 Å². The predicted molar refractivity (Wildman–Crippen MR) is 77.5 cm³/mol. The van der Waals surface area contributed by atoms with E-state index in [4.69, 9.17) is 16.7 Å². The average Bonchev–Trinajstić information content (AvgIpc) is 2.46. The van der Waals surface area contributed by atoms with E-state index < -0.39 is 17.7 Å². The fraction of sp³-hybridized carbons (Fsp3) is 0.0667. The number of anilines is 1. The van der Waals surface area contributed by atoms with Gasteiger partial charge in [-0.1, -0.05) is 11.6 Å². The van der Waals surface area contributed by atoms with Crippen molar-refractivity contribution in [2.24, 2.45) is 0 Å². The van der Waals surface area contributed by atoms with Gasteiger partial charge in [-0.3, -0.25) is 4.79 Å². The van der Waals surface area contributed by atoms with Crippen LogP contribution in [0.2, 0.25) is 5.02 Å². The molecule has 2 rings (SSSR count). The summed E-state index contributed by atoms with van der Waals surface area (Å²) < 4.78 is 13.0. The van der Waals surface area contributed by atoms with Crippen LogP contribution in [0.15, 0.2) is 42.5 Å². The molecule has 2 aromatic carbocycles. The molecule has 0 aromatic heterocycles. The third-order valence-corrected chi connectivity index (χ3v) is 3.28. The lowest BCUT2D eigenvalue weighted by atomic mass is 10.1. The van der Waals surface area contributed by atoms with Crippen molar-refractivity contribution < 1.29 is 19.1 Å². The van der Waals surface area contributed by atoms with Crippen molar-refractivity contribution in [1.82, 2.24) is 0 Å². The quantitative estimate of drug-likeness (QED) is 0.945. The van der Waals surface area contributed by atoms with Crippen LogP contribution in [0.25, 0.3) is 0 Å². The highest BCUT2D eigenvalue weighted by Gasteiger charge is 2.17. The van der Waals surface area contributed by atoms with Crippen LogP contribution in [-0.4, -0.2) is 24.0 Å². The first-order chi connectivity index (χ1) is 9.90. The fourth-order valence-corrected chi connectivity index (χ4v) is 2.04. The molecule has 0 unspecified atom stereocenters. The first-order valence-electron chi connectivity index (χ1n) is 5.96. The maximum absolute atomic E-state index is 13.0. The second-order valence-corrected chi connectivity index (χ2v) is 4.75. The lowest BCUT2D eigenvalue weighted by Crippen LogP contribution is -2.26. The summed E-state index contributed by atoms with van der Waals surface area (Å²) in [6.07, 6.45) is 0. The molecule has 0 bridgehead atoms. The topological polar surface area (TPSA) is 57.6 Å². The molecule has 0 saturated carbocycles. The third kappa shape index (κ3) is 3.20. The van der Waals surface area contributed by atoms with Crippen molar-refractivity contribution >= 4 is 29.2 Å². The van der Waals surface area contributed by atoms with Crippen LogP contribution in [0.4, 0.5) is 10.1 Å². The Kier molecular flexibility index (Phi) is 4.23. The van der Waals surface area contributed by atoms with Crippen molar-refractivity contribution in [2.45, 2.75) is 0 Å². The van der Waals surface area contributed by atoms with Gasteiger partial charge >= 0.3 is 5.97 Å². The number of carbonyl (C=O) groups is 2. The van der Waals surface area contributed by atoms with Gasteiger partial charge in [-0.25, -0.2) is 9.18 Å². The summed E-state index contributed by atoms with van der Waals surface area (Å²) in [5, 5.41) is 8.85. The molecule has 0 radical (unpaired) electrons. The molecule has 2 aromatic rings. The maximum Gasteiger partial charge on any atom is 0.335 e. The van der Waals surface area contributed by atoms with Crippen LogP contribution >= 0.6 is 11.6 Å². The predicted octanol–water partition coefficient (Wildman–Crippen LogP) is 3.45. The van der Waals surface area contributed by atoms with Gasteiger partial charge in [0.1, 0.15) is 5.82 Å². The number of hydrogen-bond donors (Lipinski definition) is 1. The number of halogens is 2. The summed E-state index contributed by atoms with van der Waals surface area (Å²) in [5.74, 6) is -1.98. The Hall–Kier alpha value is -2.40. The number of hydrogen-bond acceptors (Lipinski definition) is 2. The van der Waals surface area contributed by atoms with Crippen LogP contribution in [0.5, 0.6) is 0 Å². The summed E-state index contributed by atoms with van der Waals surface area (Å²) in [4.78, 5) is 24.4. The summed E-state index contributed by atoms with van der Waals surface area (Å²) in [6, 6.07) is 9.34. The maximum atomic E-state index is 13.0. The second-order valence-electron chi connectivity index (χ2n) is 4.34. The lowest BCUT2D eigenvalue weighted by Gasteiger charge is -2.18. The summed E-state index contributed by atoms with van der Waals surface area (Å²) in [7, 11) is 1.53. The number of carboxylic acids is 1. The fourth-order valence-electron chi connectivity index (χ4n) is 1.79. The van der Waals surface area contributed by atoms with E-state index in [0.29, 0.717) is 5.69 Å². The molecular formula is C15H11ClFNO3. The first-order valence-corrected chi connectivity index (χ1v) is 6.34. The average molecular weight is 308 g/mol. The van der Waals surface area contributed by atoms with Crippen LogP contribution < -0.4 is 4.90 Å². The molecule has 0 atom stereocenters. The van der Waals surface area contributed by atoms with Crippen molar-refractivity contribution in [3.05, 3.63) is 64.4 Å². The molecule has 0 fully saturated rings. The highest BCUT2D eigenvalue weighted by Crippen LogP contribution is 2.22. The highest BCUT2D eigenvalue weighted by atomic mass is 35.5. The molecule has 6 heteroatoms. The van der Waals surface area contributed by atoms with Gasteiger partial charge in [-0.15, -0.1) is 0 Å². The molecule has 0 aliphatic heterocycles. The van der Waals surface area contributed by atoms with Crippen LogP contribution in [0.1, 0.15) is 20.7 Å². The van der Waals surface area contributed by atoms with E-state index in [9.17, 15) is 14.0 Å². The second kappa shape index (κ2) is 5.93. The van der Waals surface area contributed by atoms with E-state index in [0.717, 1.165) is 12.1 Å². The Bertz CT molecular complexity index is 701. The molecule has 0 aliphatic carbocycles. The first kappa shape index (κ1) is 15.0. The summed E-state index contributed by atoms with van der Waals surface area (Å²) >= 11 is 5.86. The van der Waals surface area contributed by atoms with Gasteiger partial charge in [0.2, 0.25) is 0 Å². The monoisotopic (exact) mass is 307 g/mol. The molecule has 4 nitrogen and oxygen atoms in total. The molecule has 108 valence electrons. The van der Waals surface area contributed by atoms with Crippen LogP contribution in [0.3, 0.4) is 0 Å². The van der Waals surface area contributed by atoms with Crippen LogP contribution in [0, 0.1) is 5.82 Å². The number of carboxylic acid groups (broad SMARTS) is 1. The van der Waals surface area contributed by atoms with Gasteiger partial charge in [0.05, 0.1) is 16.1 Å². The molecule has 1 amide bonds. The van der Waals surface area contributed by atoms with Gasteiger partial charge in [0.25, 0.3) is 5.91 Å². The molecule has 0 aliphatic rings. The third-order valence-electron chi connectivity index (χ3n) is 2.97. The smallest absolute Gasteiger partial charge is 0.335 e. The van der Waals surface area contributed by atoms with Crippen molar-refractivity contribution in [3.63, 3.8) is 0 Å². The Labute approximate surface area is 125 Å². The zero-order valence-electron chi connectivity index (χ0n) is 11.0. The number of aromatic carboxylic acids is 1. The lowest BCUT2D eigenvalue weighted by molar-refractivity contribution is 0.0696. The molecule has 0 spiro atoms. The van der Waals surface area contributed by atoms with Crippen molar-refractivity contribution in [1.29, 1.82) is 0 Å². The number of benzene rings is 2. The number of amides is 1. The van der Waals surface area contributed by atoms with E-state index in [2.05, 4.69) is 0 Å². The normalized spacial score (nSPS) is 10.2. The minimum Gasteiger partial charge on any atom is -0.478 e. The minimum atomic E-state index is -1.04. The van der Waals surface area contributed by atoms with Crippen LogP contribution in [-0.2, 0) is 0 Å². The molecule has 0 saturated heterocycles. The van der Waals surface area contributed by atoms with Gasteiger partial charge in [-0.2, -0.15) is 0 Å². The highest BCUT2D eigenvalue weighted by molar-refractivity contribution is 6.34. The van der Waals surface area contributed by atoms with E-state index in [-0.39, 0.29) is 16.1 Å². The zero-order chi connectivity index (χ0) is 15.6. The molecular weight excluding hydrogens is 297 g/mol. The number of carbonyl (C=O) groups excluding carboxylic acids is 1. The number of rotatable bonds is 3. The molecule has 21 heavy (non-hydrogen) atoms. The molecule has 0 heterocycles. The van der Waals surface area contributed by atoms with E-state index >= 15 is 0 Å². The largest absolute Gasteiger partial charge is 0.478 e. The van der Waals surface area contributed by atoms with Crippen molar-refractivity contribution in [3.8, 4) is 0 Å². The van der Waals surface area contributed by atoms with E-state index in [1.807, 2.05) is 0 Å². The Morgan fingerprint density at radius 3 is 2.29 bits per heavy atom. The Balaban J connectivity index is 2.28. The van der Waals surface area contributed by atoms with Gasteiger partial charge in [0, 0.05) is 12.7 Å². The number of nitrogens with zero attached hydrogens (tertiary/aromatic N) is 1. The Morgan fingerprint density at radius 2 is 1.76 bits per heavy atom. The summed E-state index contributed by atoms with van der Waals surface area (Å²) in [5.41, 5.74) is 0.799.